The number of rotatable bonds is 3. The largest absolute Gasteiger partial charge is 0.346 e. The van der Waals surface area contributed by atoms with E-state index in [0.717, 1.165) is 16.7 Å². The second kappa shape index (κ2) is 9.35. The molecule has 33 heavy (non-hydrogen) atoms. The molecule has 0 bridgehead atoms. The fourth-order valence-electron chi connectivity index (χ4n) is 4.59. The molecule has 170 valence electrons. The number of hydrogen-bond acceptors (Lipinski definition) is 6. The molecule has 6 heteroatoms. The van der Waals surface area contributed by atoms with Crippen LogP contribution >= 0.6 is 0 Å². The van der Waals surface area contributed by atoms with Gasteiger partial charge in [0.15, 0.2) is 18.9 Å². The second-order valence-electron chi connectivity index (χ2n) is 8.44. The summed E-state index contributed by atoms with van der Waals surface area (Å²) in [6.45, 7) is 0.751. The van der Waals surface area contributed by atoms with E-state index in [1.54, 1.807) is 0 Å². The van der Waals surface area contributed by atoms with Crippen molar-refractivity contribution in [1.29, 1.82) is 0 Å². The van der Waals surface area contributed by atoms with Crippen molar-refractivity contribution in [2.45, 2.75) is 43.3 Å². The van der Waals surface area contributed by atoms with Gasteiger partial charge in [-0.2, -0.15) is 0 Å². The van der Waals surface area contributed by atoms with Crippen LogP contribution in [0.5, 0.6) is 0 Å². The van der Waals surface area contributed by atoms with Crippen LogP contribution < -0.4 is 0 Å². The van der Waals surface area contributed by atoms with Crippen LogP contribution in [0.4, 0.5) is 0 Å². The average Bonchev–Trinajstić information content (AvgIpc) is 3.06. The lowest BCUT2D eigenvalue weighted by atomic mass is 10.0. The van der Waals surface area contributed by atoms with Gasteiger partial charge in [0, 0.05) is 16.7 Å². The molecule has 3 fully saturated rings. The summed E-state index contributed by atoms with van der Waals surface area (Å²) in [4.78, 5) is 0. The first kappa shape index (κ1) is 21.0. The highest BCUT2D eigenvalue weighted by atomic mass is 16.8. The van der Waals surface area contributed by atoms with Gasteiger partial charge < -0.3 is 28.4 Å². The monoisotopic (exact) mass is 446 g/mol. The lowest BCUT2D eigenvalue weighted by molar-refractivity contribution is -0.319. The van der Waals surface area contributed by atoms with Gasteiger partial charge in [0.1, 0.15) is 24.4 Å². The van der Waals surface area contributed by atoms with Crippen molar-refractivity contribution >= 4 is 0 Å². The molecule has 0 amide bonds. The van der Waals surface area contributed by atoms with Crippen LogP contribution in [0.15, 0.2) is 91.0 Å². The maximum Gasteiger partial charge on any atom is 0.184 e. The first-order valence-electron chi connectivity index (χ1n) is 11.3. The molecule has 3 saturated heterocycles. The molecular weight excluding hydrogens is 420 g/mol. The zero-order chi connectivity index (χ0) is 22.0. The van der Waals surface area contributed by atoms with Gasteiger partial charge in [-0.05, 0) is 0 Å². The summed E-state index contributed by atoms with van der Waals surface area (Å²) in [6.07, 6.45) is -3.00. The van der Waals surface area contributed by atoms with E-state index in [0.29, 0.717) is 13.2 Å². The van der Waals surface area contributed by atoms with Crippen molar-refractivity contribution in [2.24, 2.45) is 0 Å². The van der Waals surface area contributed by atoms with Gasteiger partial charge >= 0.3 is 0 Å². The summed E-state index contributed by atoms with van der Waals surface area (Å²) in [5, 5.41) is 0. The standard InChI is InChI=1S/C27H26O6/c1-4-10-18(11-5-1)25-28-16-21-23(32-25)24-22(31-27(30-21)20-14-8-3-9-15-20)17-29-26(33-24)19-12-6-2-7-13-19/h1-15,21-27H,16-17H2/t21-,22+,23-,24-,25?,26?,27?/m0/s1. The Kier molecular flexibility index (Phi) is 5.94. The Hall–Kier alpha value is -2.58. The van der Waals surface area contributed by atoms with Crippen LogP contribution in [0.2, 0.25) is 0 Å². The fraction of sp³-hybridized carbons (Fsp3) is 0.333. The van der Waals surface area contributed by atoms with E-state index in [2.05, 4.69) is 0 Å². The Bertz CT molecular complexity index is 965. The number of hydrogen-bond donors (Lipinski definition) is 0. The Balaban J connectivity index is 1.31. The molecule has 3 aromatic rings. The summed E-state index contributed by atoms with van der Waals surface area (Å²) in [5.74, 6) is 0. The molecule has 0 aromatic heterocycles. The van der Waals surface area contributed by atoms with Crippen molar-refractivity contribution < 1.29 is 28.4 Å². The summed E-state index contributed by atoms with van der Waals surface area (Å²) in [6, 6.07) is 29.8. The predicted molar refractivity (Wildman–Crippen MR) is 119 cm³/mol. The molecule has 3 aromatic carbocycles. The third-order valence-corrected chi connectivity index (χ3v) is 6.25. The van der Waals surface area contributed by atoms with Crippen LogP contribution in [0.1, 0.15) is 35.6 Å². The first-order valence-corrected chi connectivity index (χ1v) is 11.3. The smallest absolute Gasteiger partial charge is 0.184 e. The molecular formula is C27H26O6. The predicted octanol–water partition coefficient (Wildman–Crippen LogP) is 4.70. The van der Waals surface area contributed by atoms with E-state index in [1.165, 1.54) is 0 Å². The number of benzene rings is 3. The van der Waals surface area contributed by atoms with E-state index >= 15 is 0 Å². The molecule has 3 aliphatic rings. The van der Waals surface area contributed by atoms with E-state index in [1.807, 2.05) is 91.0 Å². The van der Waals surface area contributed by atoms with Crippen LogP contribution in [-0.2, 0) is 28.4 Å². The van der Waals surface area contributed by atoms with Crippen LogP contribution in [0.3, 0.4) is 0 Å². The molecule has 3 unspecified atom stereocenters. The molecule has 0 radical (unpaired) electrons. The van der Waals surface area contributed by atoms with E-state index in [9.17, 15) is 0 Å². The number of ether oxygens (including phenoxy) is 6. The van der Waals surface area contributed by atoms with Gasteiger partial charge in [-0.15, -0.1) is 0 Å². The maximum absolute atomic E-state index is 6.49. The highest BCUT2D eigenvalue weighted by Crippen LogP contribution is 2.41. The van der Waals surface area contributed by atoms with Gasteiger partial charge in [-0.25, -0.2) is 0 Å². The lowest BCUT2D eigenvalue weighted by Gasteiger charge is -2.42. The van der Waals surface area contributed by atoms with Gasteiger partial charge in [0.2, 0.25) is 0 Å². The molecule has 0 N–H and O–H groups in total. The Morgan fingerprint density at radius 2 is 0.788 bits per heavy atom. The lowest BCUT2D eigenvalue weighted by Crippen LogP contribution is -2.55. The Labute approximate surface area is 192 Å². The highest BCUT2D eigenvalue weighted by molar-refractivity contribution is 5.19. The van der Waals surface area contributed by atoms with Gasteiger partial charge in [-0.1, -0.05) is 91.0 Å². The summed E-state index contributed by atoms with van der Waals surface area (Å²) in [7, 11) is 0. The van der Waals surface area contributed by atoms with Crippen LogP contribution in [0, 0.1) is 0 Å². The van der Waals surface area contributed by atoms with Gasteiger partial charge in [0.05, 0.1) is 13.2 Å². The minimum atomic E-state index is -0.561. The molecule has 0 spiro atoms. The highest BCUT2D eigenvalue weighted by Gasteiger charge is 2.50. The van der Waals surface area contributed by atoms with Gasteiger partial charge in [-0.3, -0.25) is 0 Å². The van der Waals surface area contributed by atoms with Crippen molar-refractivity contribution in [3.63, 3.8) is 0 Å². The quantitative estimate of drug-likeness (QED) is 0.582. The van der Waals surface area contributed by atoms with Crippen molar-refractivity contribution in [3.8, 4) is 0 Å². The zero-order valence-electron chi connectivity index (χ0n) is 18.1. The van der Waals surface area contributed by atoms with Crippen molar-refractivity contribution in [1.82, 2.24) is 0 Å². The van der Waals surface area contributed by atoms with Crippen molar-refractivity contribution in [2.75, 3.05) is 13.2 Å². The molecule has 3 aliphatic heterocycles. The fourth-order valence-corrected chi connectivity index (χ4v) is 4.59. The second-order valence-corrected chi connectivity index (χ2v) is 8.44. The van der Waals surface area contributed by atoms with E-state index < -0.39 is 18.9 Å². The van der Waals surface area contributed by atoms with Gasteiger partial charge in [0.25, 0.3) is 0 Å². The molecule has 6 rings (SSSR count). The molecule has 6 nitrogen and oxygen atoms in total. The third-order valence-electron chi connectivity index (χ3n) is 6.25. The van der Waals surface area contributed by atoms with E-state index in [-0.39, 0.29) is 24.4 Å². The third kappa shape index (κ3) is 4.34. The topological polar surface area (TPSA) is 55.4 Å². The normalized spacial score (nSPS) is 34.0. The Morgan fingerprint density at radius 3 is 1.18 bits per heavy atom. The van der Waals surface area contributed by atoms with Crippen LogP contribution in [0.25, 0.3) is 0 Å². The summed E-state index contributed by atoms with van der Waals surface area (Å²) < 4.78 is 37.9. The Morgan fingerprint density at radius 1 is 0.424 bits per heavy atom. The average molecular weight is 446 g/mol. The molecule has 0 saturated carbocycles. The minimum absolute atomic E-state index is 0.348. The maximum atomic E-state index is 6.49. The SMILES string of the molecule is c1ccc(C2OC[C@@H]3OC(c4ccccc4)O[C@@H]4COC(c5ccccc5)O[C@@H]4[C@H]3O2)cc1. The van der Waals surface area contributed by atoms with Crippen LogP contribution in [-0.4, -0.2) is 37.6 Å². The zero-order valence-corrected chi connectivity index (χ0v) is 18.1. The van der Waals surface area contributed by atoms with E-state index in [4.69, 9.17) is 28.4 Å². The first-order chi connectivity index (χ1) is 16.3. The molecule has 7 atom stereocenters. The molecule has 0 aliphatic carbocycles. The minimum Gasteiger partial charge on any atom is -0.346 e. The number of fused-ring (bicyclic) bond motifs is 3. The molecule has 3 heterocycles. The summed E-state index contributed by atoms with van der Waals surface area (Å²) in [5.41, 5.74) is 2.86. The van der Waals surface area contributed by atoms with Crippen molar-refractivity contribution in [3.05, 3.63) is 108 Å². The summed E-state index contributed by atoms with van der Waals surface area (Å²) >= 11 is 0.